The quantitative estimate of drug-likeness (QED) is 0.558. The third-order valence-electron chi connectivity index (χ3n) is 5.05. The number of carbonyl (C=O) groups excluding carboxylic acids is 1. The van der Waals surface area contributed by atoms with Gasteiger partial charge in [0.2, 0.25) is 0 Å². The number of hydrogen-bond donors (Lipinski definition) is 2. The van der Waals surface area contributed by atoms with Gasteiger partial charge in [-0.25, -0.2) is 8.42 Å². The highest BCUT2D eigenvalue weighted by Gasteiger charge is 2.15. The number of sulfonamides is 1. The van der Waals surface area contributed by atoms with E-state index in [-0.39, 0.29) is 17.4 Å². The predicted octanol–water partition coefficient (Wildman–Crippen LogP) is 4.74. The molecule has 1 amide bonds. The van der Waals surface area contributed by atoms with Gasteiger partial charge < -0.3 is 10.1 Å². The molecule has 0 radical (unpaired) electrons. The fraction of sp³-hybridized carbons (Fsp3) is 0.208. The number of anilines is 2. The summed E-state index contributed by atoms with van der Waals surface area (Å²) in [4.78, 5) is 12.2. The Morgan fingerprint density at radius 2 is 1.32 bits per heavy atom. The van der Waals surface area contributed by atoms with Crippen LogP contribution in [0.25, 0.3) is 0 Å². The first-order valence-electron chi connectivity index (χ1n) is 9.84. The Morgan fingerprint density at radius 3 is 1.90 bits per heavy atom. The molecular formula is C24H26N2O4S. The Hall–Kier alpha value is -3.32. The van der Waals surface area contributed by atoms with E-state index in [1.807, 2.05) is 52.0 Å². The van der Waals surface area contributed by atoms with Gasteiger partial charge in [0.15, 0.2) is 6.61 Å². The highest BCUT2D eigenvalue weighted by Crippen LogP contribution is 2.21. The summed E-state index contributed by atoms with van der Waals surface area (Å²) in [5, 5.41) is 2.78. The van der Waals surface area contributed by atoms with Crippen LogP contribution >= 0.6 is 0 Å². The number of aryl methyl sites for hydroxylation is 4. The second-order valence-electron chi connectivity index (χ2n) is 7.51. The van der Waals surface area contributed by atoms with Crippen molar-refractivity contribution in [3.8, 4) is 5.75 Å². The molecule has 2 N–H and O–H groups in total. The minimum Gasteiger partial charge on any atom is -0.484 e. The van der Waals surface area contributed by atoms with Gasteiger partial charge in [-0.3, -0.25) is 9.52 Å². The van der Waals surface area contributed by atoms with Crippen LogP contribution in [0.1, 0.15) is 22.3 Å². The summed E-state index contributed by atoms with van der Waals surface area (Å²) in [5.41, 5.74) is 5.54. The van der Waals surface area contributed by atoms with Gasteiger partial charge in [-0.1, -0.05) is 12.1 Å². The van der Waals surface area contributed by atoms with Crippen molar-refractivity contribution in [2.75, 3.05) is 16.6 Å². The van der Waals surface area contributed by atoms with Crippen molar-refractivity contribution < 1.29 is 17.9 Å². The molecule has 0 fully saturated rings. The smallest absolute Gasteiger partial charge is 0.262 e. The van der Waals surface area contributed by atoms with Crippen molar-refractivity contribution >= 4 is 27.3 Å². The molecule has 0 saturated heterocycles. The van der Waals surface area contributed by atoms with E-state index in [4.69, 9.17) is 4.74 Å². The van der Waals surface area contributed by atoms with Gasteiger partial charge in [-0.2, -0.15) is 0 Å². The summed E-state index contributed by atoms with van der Waals surface area (Å²) in [7, 11) is -3.72. The third kappa shape index (κ3) is 5.86. The van der Waals surface area contributed by atoms with Crippen molar-refractivity contribution in [1.29, 1.82) is 0 Å². The van der Waals surface area contributed by atoms with Crippen LogP contribution in [0, 0.1) is 27.7 Å². The molecule has 0 aliphatic heterocycles. The molecule has 162 valence electrons. The fourth-order valence-electron chi connectivity index (χ4n) is 2.90. The first-order valence-corrected chi connectivity index (χ1v) is 11.3. The van der Waals surface area contributed by atoms with Gasteiger partial charge in [-0.15, -0.1) is 0 Å². The minimum absolute atomic E-state index is 0.109. The molecule has 0 atom stereocenters. The van der Waals surface area contributed by atoms with Crippen LogP contribution in [0.3, 0.4) is 0 Å². The largest absolute Gasteiger partial charge is 0.484 e. The number of hydrogen-bond acceptors (Lipinski definition) is 4. The Bertz CT molecular complexity index is 1200. The van der Waals surface area contributed by atoms with Gasteiger partial charge in [0.25, 0.3) is 15.9 Å². The maximum absolute atomic E-state index is 12.6. The molecule has 3 rings (SSSR count). The Labute approximate surface area is 183 Å². The zero-order valence-electron chi connectivity index (χ0n) is 18.0. The van der Waals surface area contributed by atoms with Gasteiger partial charge in [-0.05, 0) is 98.5 Å². The van der Waals surface area contributed by atoms with Crippen LogP contribution in [0.5, 0.6) is 5.75 Å². The molecule has 6 nitrogen and oxygen atoms in total. The molecule has 0 saturated carbocycles. The number of ether oxygens (including phenoxy) is 1. The zero-order chi connectivity index (χ0) is 22.6. The standard InChI is InChI=1S/C24H26N2O4S/c1-16-5-7-20(13-18(16)3)25-24(27)15-30-22-9-11-23(12-10-22)31(28,29)26-21-8-6-17(2)19(4)14-21/h5-14,26H,15H2,1-4H3,(H,25,27). The van der Waals surface area contributed by atoms with Crippen LogP contribution in [-0.2, 0) is 14.8 Å². The van der Waals surface area contributed by atoms with E-state index in [1.165, 1.54) is 24.3 Å². The summed E-state index contributed by atoms with van der Waals surface area (Å²) in [6, 6.07) is 17.0. The number of nitrogens with one attached hydrogen (secondary N) is 2. The topological polar surface area (TPSA) is 84.5 Å². The van der Waals surface area contributed by atoms with E-state index in [9.17, 15) is 13.2 Å². The Balaban J connectivity index is 1.59. The van der Waals surface area contributed by atoms with Crippen LogP contribution in [0.4, 0.5) is 11.4 Å². The lowest BCUT2D eigenvalue weighted by atomic mass is 10.1. The van der Waals surface area contributed by atoms with E-state index < -0.39 is 10.0 Å². The summed E-state index contributed by atoms with van der Waals surface area (Å²) < 4.78 is 33.3. The lowest BCUT2D eigenvalue weighted by Crippen LogP contribution is -2.20. The lowest BCUT2D eigenvalue weighted by molar-refractivity contribution is -0.118. The SMILES string of the molecule is Cc1ccc(NC(=O)COc2ccc(S(=O)(=O)Nc3ccc(C)c(C)c3)cc2)cc1C. The molecule has 0 aromatic heterocycles. The maximum atomic E-state index is 12.6. The average molecular weight is 439 g/mol. The molecule has 3 aromatic rings. The van der Waals surface area contributed by atoms with Crippen LogP contribution in [0.15, 0.2) is 65.6 Å². The summed E-state index contributed by atoms with van der Waals surface area (Å²) in [5.74, 6) is 0.108. The Morgan fingerprint density at radius 1 is 0.774 bits per heavy atom. The molecule has 0 unspecified atom stereocenters. The van der Waals surface area contributed by atoms with Crippen molar-refractivity contribution in [2.45, 2.75) is 32.6 Å². The molecular weight excluding hydrogens is 412 g/mol. The Kier molecular flexibility index (Phi) is 6.65. The first-order chi connectivity index (χ1) is 14.6. The molecule has 0 heterocycles. The highest BCUT2D eigenvalue weighted by atomic mass is 32.2. The third-order valence-corrected chi connectivity index (χ3v) is 6.45. The molecule has 0 spiro atoms. The summed E-state index contributed by atoms with van der Waals surface area (Å²) in [6.45, 7) is 7.70. The average Bonchev–Trinajstić information content (AvgIpc) is 2.72. The second kappa shape index (κ2) is 9.22. The van der Waals surface area contributed by atoms with E-state index in [2.05, 4.69) is 10.0 Å². The van der Waals surface area contributed by atoms with Crippen LogP contribution < -0.4 is 14.8 Å². The minimum atomic E-state index is -3.72. The van der Waals surface area contributed by atoms with E-state index in [1.54, 1.807) is 12.1 Å². The van der Waals surface area contributed by atoms with Crippen LogP contribution in [0.2, 0.25) is 0 Å². The number of carbonyl (C=O) groups is 1. The van der Waals surface area contributed by atoms with E-state index >= 15 is 0 Å². The second-order valence-corrected chi connectivity index (χ2v) is 9.19. The molecule has 7 heteroatoms. The van der Waals surface area contributed by atoms with E-state index in [0.29, 0.717) is 17.1 Å². The van der Waals surface area contributed by atoms with Crippen molar-refractivity contribution in [1.82, 2.24) is 0 Å². The lowest BCUT2D eigenvalue weighted by Gasteiger charge is -2.11. The van der Waals surface area contributed by atoms with Gasteiger partial charge in [0, 0.05) is 11.4 Å². The van der Waals surface area contributed by atoms with Crippen molar-refractivity contribution in [2.24, 2.45) is 0 Å². The van der Waals surface area contributed by atoms with Crippen molar-refractivity contribution in [3.05, 3.63) is 82.9 Å². The number of benzene rings is 3. The molecule has 0 aliphatic rings. The first kappa shape index (κ1) is 22.4. The van der Waals surface area contributed by atoms with Gasteiger partial charge in [0.1, 0.15) is 5.75 Å². The maximum Gasteiger partial charge on any atom is 0.262 e. The zero-order valence-corrected chi connectivity index (χ0v) is 18.8. The summed E-state index contributed by atoms with van der Waals surface area (Å²) in [6.07, 6.45) is 0. The monoisotopic (exact) mass is 438 g/mol. The molecule has 31 heavy (non-hydrogen) atoms. The van der Waals surface area contributed by atoms with E-state index in [0.717, 1.165) is 22.3 Å². The van der Waals surface area contributed by atoms with Crippen LogP contribution in [-0.4, -0.2) is 20.9 Å². The normalized spacial score (nSPS) is 11.1. The molecule has 0 bridgehead atoms. The number of amides is 1. The van der Waals surface area contributed by atoms with Gasteiger partial charge in [0.05, 0.1) is 4.90 Å². The highest BCUT2D eigenvalue weighted by molar-refractivity contribution is 7.92. The summed E-state index contributed by atoms with van der Waals surface area (Å²) >= 11 is 0. The predicted molar refractivity (Wildman–Crippen MR) is 123 cm³/mol. The molecule has 0 aliphatic carbocycles. The fourth-order valence-corrected chi connectivity index (χ4v) is 3.95. The van der Waals surface area contributed by atoms with Crippen molar-refractivity contribution in [3.63, 3.8) is 0 Å². The number of rotatable bonds is 7. The molecule has 3 aromatic carbocycles. The van der Waals surface area contributed by atoms with Gasteiger partial charge >= 0.3 is 0 Å².